The Balaban J connectivity index is 2.34. The molecule has 0 aliphatic rings. The van der Waals surface area contributed by atoms with Crippen molar-refractivity contribution in [1.29, 1.82) is 0 Å². The van der Waals surface area contributed by atoms with E-state index in [4.69, 9.17) is 0 Å². The normalized spacial score (nSPS) is 11.1. The molecular weight excluding hydrogens is 364 g/mol. The first-order valence-corrected chi connectivity index (χ1v) is 7.61. The van der Waals surface area contributed by atoms with Crippen LogP contribution >= 0.6 is 15.9 Å². The molecule has 0 bridgehead atoms. The van der Waals surface area contributed by atoms with Crippen LogP contribution in [0.4, 0.5) is 23.0 Å². The number of rotatable bonds is 5. The third kappa shape index (κ3) is 4.86. The highest BCUT2D eigenvalue weighted by atomic mass is 79.9. The molecule has 0 amide bonds. The van der Waals surface area contributed by atoms with Crippen LogP contribution in [0.25, 0.3) is 0 Å². The number of anilines is 3. The predicted molar refractivity (Wildman–Crippen MR) is 92.6 cm³/mol. The molecule has 122 valence electrons. The minimum atomic E-state index is -0.521. The van der Waals surface area contributed by atoms with E-state index in [2.05, 4.69) is 42.1 Å². The van der Waals surface area contributed by atoms with Gasteiger partial charge in [0.15, 0.2) is 0 Å². The number of nitrogens with zero attached hydrogens (tertiary/aromatic N) is 3. The van der Waals surface area contributed by atoms with Crippen molar-refractivity contribution in [2.45, 2.75) is 26.3 Å². The van der Waals surface area contributed by atoms with Gasteiger partial charge in [-0.15, -0.1) is 0 Å². The molecule has 9 heteroatoms. The maximum absolute atomic E-state index is 11.4. The summed E-state index contributed by atoms with van der Waals surface area (Å²) < 4.78 is 0.854. The minimum absolute atomic E-state index is 0.0948. The summed E-state index contributed by atoms with van der Waals surface area (Å²) in [4.78, 5) is 18.8. The number of nitrogens with one attached hydrogen (secondary N) is 3. The van der Waals surface area contributed by atoms with Crippen molar-refractivity contribution in [3.63, 3.8) is 0 Å². The van der Waals surface area contributed by atoms with E-state index in [1.54, 1.807) is 12.1 Å². The van der Waals surface area contributed by atoms with Gasteiger partial charge in [0, 0.05) is 15.7 Å². The summed E-state index contributed by atoms with van der Waals surface area (Å²) in [6, 6.07) is 7.27. The Morgan fingerprint density at radius 1 is 1.22 bits per heavy atom. The number of hydrogen-bond acceptors (Lipinski definition) is 7. The fourth-order valence-electron chi connectivity index (χ4n) is 1.68. The summed E-state index contributed by atoms with van der Waals surface area (Å²) in [7, 11) is 0. The van der Waals surface area contributed by atoms with Crippen LogP contribution in [-0.2, 0) is 0 Å². The van der Waals surface area contributed by atoms with Crippen molar-refractivity contribution in [3.05, 3.63) is 45.2 Å². The Morgan fingerprint density at radius 2 is 1.91 bits per heavy atom. The smallest absolute Gasteiger partial charge is 0.334 e. The standard InChI is InChI=1S/C14H17BrN6O2/c1-14(2,3)20-19-13-11(21(22)23)12(16-8-17-13)18-10-6-4-5-9(15)7-10/h4-8,20H,1-3H3,(H2,16,17,18,19). The molecule has 8 nitrogen and oxygen atoms in total. The summed E-state index contributed by atoms with van der Waals surface area (Å²) in [5.74, 6) is 0.207. The molecule has 2 rings (SSSR count). The second kappa shape index (κ2) is 6.88. The van der Waals surface area contributed by atoms with Gasteiger partial charge in [0.2, 0.25) is 11.6 Å². The van der Waals surface area contributed by atoms with Gasteiger partial charge in [-0.1, -0.05) is 22.0 Å². The highest BCUT2D eigenvalue weighted by Gasteiger charge is 2.24. The summed E-state index contributed by atoms with van der Waals surface area (Å²) in [6.07, 6.45) is 1.26. The number of halogens is 1. The maximum atomic E-state index is 11.4. The Labute approximate surface area is 142 Å². The van der Waals surface area contributed by atoms with Crippen LogP contribution in [-0.4, -0.2) is 20.4 Å². The molecule has 0 saturated carbocycles. The van der Waals surface area contributed by atoms with Crippen LogP contribution < -0.4 is 16.2 Å². The lowest BCUT2D eigenvalue weighted by atomic mass is 10.1. The van der Waals surface area contributed by atoms with E-state index in [0.717, 1.165) is 4.47 Å². The summed E-state index contributed by atoms with van der Waals surface area (Å²) in [6.45, 7) is 5.77. The number of nitro groups is 1. The summed E-state index contributed by atoms with van der Waals surface area (Å²) >= 11 is 3.36. The molecule has 0 radical (unpaired) electrons. The number of hydrogen-bond donors (Lipinski definition) is 3. The molecule has 0 aliphatic carbocycles. The Bertz CT molecular complexity index is 717. The van der Waals surface area contributed by atoms with Crippen molar-refractivity contribution >= 4 is 38.9 Å². The second-order valence-electron chi connectivity index (χ2n) is 5.81. The van der Waals surface area contributed by atoms with Gasteiger partial charge in [0.05, 0.1) is 4.92 Å². The van der Waals surface area contributed by atoms with Crippen molar-refractivity contribution in [2.24, 2.45) is 0 Å². The molecule has 3 N–H and O–H groups in total. The van der Waals surface area contributed by atoms with Crippen molar-refractivity contribution in [3.8, 4) is 0 Å². The fourth-order valence-corrected chi connectivity index (χ4v) is 2.08. The number of hydrazine groups is 1. The van der Waals surface area contributed by atoms with Crippen LogP contribution in [0, 0.1) is 10.1 Å². The first-order valence-electron chi connectivity index (χ1n) is 6.81. The number of aromatic nitrogens is 2. The Morgan fingerprint density at radius 3 is 2.52 bits per heavy atom. The zero-order chi connectivity index (χ0) is 17.0. The molecule has 2 aromatic rings. The van der Waals surface area contributed by atoms with Gasteiger partial charge in [-0.2, -0.15) is 0 Å². The fraction of sp³-hybridized carbons (Fsp3) is 0.286. The molecule has 1 aromatic heterocycles. The highest BCUT2D eigenvalue weighted by Crippen LogP contribution is 2.31. The second-order valence-corrected chi connectivity index (χ2v) is 6.73. The maximum Gasteiger partial charge on any atom is 0.354 e. The average molecular weight is 381 g/mol. The third-order valence-corrected chi connectivity index (χ3v) is 3.14. The molecule has 1 aromatic carbocycles. The van der Waals surface area contributed by atoms with E-state index < -0.39 is 4.92 Å². The molecule has 0 atom stereocenters. The van der Waals surface area contributed by atoms with Gasteiger partial charge in [-0.25, -0.2) is 15.4 Å². The zero-order valence-electron chi connectivity index (χ0n) is 12.9. The molecule has 23 heavy (non-hydrogen) atoms. The first-order chi connectivity index (χ1) is 10.8. The van der Waals surface area contributed by atoms with Gasteiger partial charge in [-0.3, -0.25) is 15.5 Å². The van der Waals surface area contributed by atoms with Gasteiger partial charge in [0.25, 0.3) is 0 Å². The van der Waals surface area contributed by atoms with Gasteiger partial charge in [-0.05, 0) is 39.0 Å². The highest BCUT2D eigenvalue weighted by molar-refractivity contribution is 9.10. The predicted octanol–water partition coefficient (Wildman–Crippen LogP) is 3.61. The molecule has 0 fully saturated rings. The van der Waals surface area contributed by atoms with E-state index in [9.17, 15) is 10.1 Å². The first kappa shape index (κ1) is 17.1. The van der Waals surface area contributed by atoms with Crippen molar-refractivity contribution in [2.75, 3.05) is 10.7 Å². The van der Waals surface area contributed by atoms with Crippen LogP contribution in [0.2, 0.25) is 0 Å². The topological polar surface area (TPSA) is 105 Å². The minimum Gasteiger partial charge on any atom is -0.334 e. The lowest BCUT2D eigenvalue weighted by molar-refractivity contribution is -0.383. The zero-order valence-corrected chi connectivity index (χ0v) is 14.5. The average Bonchev–Trinajstić information content (AvgIpc) is 2.44. The van der Waals surface area contributed by atoms with E-state index in [-0.39, 0.29) is 22.9 Å². The molecular formula is C14H17BrN6O2. The van der Waals surface area contributed by atoms with Crippen LogP contribution in [0.15, 0.2) is 35.1 Å². The SMILES string of the molecule is CC(C)(C)NNc1ncnc(Nc2cccc(Br)c2)c1[N+](=O)[O-]. The molecule has 0 saturated heterocycles. The van der Waals surface area contributed by atoms with Gasteiger partial charge < -0.3 is 5.32 Å². The number of benzene rings is 1. The molecule has 0 aliphatic heterocycles. The molecule has 0 spiro atoms. The van der Waals surface area contributed by atoms with Gasteiger partial charge in [0.1, 0.15) is 6.33 Å². The monoisotopic (exact) mass is 380 g/mol. The Hall–Kier alpha value is -2.26. The van der Waals surface area contributed by atoms with E-state index >= 15 is 0 Å². The van der Waals surface area contributed by atoms with Gasteiger partial charge >= 0.3 is 5.69 Å². The quantitative estimate of drug-likeness (QED) is 0.537. The molecule has 1 heterocycles. The summed E-state index contributed by atoms with van der Waals surface area (Å²) in [5, 5.41) is 14.4. The van der Waals surface area contributed by atoms with E-state index in [1.165, 1.54) is 6.33 Å². The van der Waals surface area contributed by atoms with E-state index in [0.29, 0.717) is 5.69 Å². The van der Waals surface area contributed by atoms with Crippen LogP contribution in [0.3, 0.4) is 0 Å². The largest absolute Gasteiger partial charge is 0.354 e. The van der Waals surface area contributed by atoms with Crippen molar-refractivity contribution in [1.82, 2.24) is 15.4 Å². The van der Waals surface area contributed by atoms with E-state index in [1.807, 2.05) is 32.9 Å². The molecule has 0 unspecified atom stereocenters. The third-order valence-electron chi connectivity index (χ3n) is 2.65. The van der Waals surface area contributed by atoms with Crippen molar-refractivity contribution < 1.29 is 4.92 Å². The Kier molecular flexibility index (Phi) is 5.12. The lowest BCUT2D eigenvalue weighted by Gasteiger charge is -2.21. The van der Waals surface area contributed by atoms with Crippen LogP contribution in [0.5, 0.6) is 0 Å². The lowest BCUT2D eigenvalue weighted by Crippen LogP contribution is -2.40. The summed E-state index contributed by atoms with van der Waals surface area (Å²) in [5.41, 5.74) is 5.90. The van der Waals surface area contributed by atoms with Crippen LogP contribution in [0.1, 0.15) is 20.8 Å².